The molecule has 7 heteroatoms. The lowest BCUT2D eigenvalue weighted by Crippen LogP contribution is -2.49. The average molecular weight is 410 g/mol. The van der Waals surface area contributed by atoms with Gasteiger partial charge < -0.3 is 19.7 Å². The number of hydrogen-bond donors (Lipinski definition) is 1. The summed E-state index contributed by atoms with van der Waals surface area (Å²) in [5, 5.41) is 2.83. The summed E-state index contributed by atoms with van der Waals surface area (Å²) in [7, 11) is 0. The second-order valence-corrected chi connectivity index (χ2v) is 7.11. The molecule has 30 heavy (non-hydrogen) atoms. The molecule has 1 saturated heterocycles. The fourth-order valence-electron chi connectivity index (χ4n) is 3.47. The van der Waals surface area contributed by atoms with Crippen LogP contribution >= 0.6 is 0 Å². The molecule has 2 aromatic rings. The van der Waals surface area contributed by atoms with Crippen molar-refractivity contribution in [3.05, 3.63) is 72.7 Å². The molecule has 1 aromatic carbocycles. The van der Waals surface area contributed by atoms with Crippen molar-refractivity contribution in [3.63, 3.8) is 0 Å². The second-order valence-electron chi connectivity index (χ2n) is 7.11. The summed E-state index contributed by atoms with van der Waals surface area (Å²) >= 11 is 0. The van der Waals surface area contributed by atoms with Crippen molar-refractivity contribution in [1.29, 1.82) is 0 Å². The van der Waals surface area contributed by atoms with Crippen LogP contribution in [0.25, 0.3) is 0 Å². The molecule has 0 aliphatic carbocycles. The van der Waals surface area contributed by atoms with Crippen LogP contribution in [-0.2, 0) is 11.3 Å². The van der Waals surface area contributed by atoms with E-state index in [-0.39, 0.29) is 24.1 Å². The monoisotopic (exact) mass is 410 g/mol. The SMILES string of the molecule is C=CCC(=O)Nc1cc(C(=O)N2CCN(c3ccccc3F)CC2)cn1C/C=C\C. The van der Waals surface area contributed by atoms with Crippen LogP contribution in [0, 0.1) is 5.82 Å². The zero-order valence-electron chi connectivity index (χ0n) is 17.2. The lowest BCUT2D eigenvalue weighted by Gasteiger charge is -2.36. The van der Waals surface area contributed by atoms with Crippen LogP contribution in [0.3, 0.4) is 0 Å². The van der Waals surface area contributed by atoms with Crippen LogP contribution in [0.4, 0.5) is 15.9 Å². The maximum absolute atomic E-state index is 14.0. The quantitative estimate of drug-likeness (QED) is 0.709. The molecular formula is C23H27FN4O2. The van der Waals surface area contributed by atoms with E-state index in [0.717, 1.165) is 0 Å². The first-order chi connectivity index (χ1) is 14.5. The largest absolute Gasteiger partial charge is 0.366 e. The van der Waals surface area contributed by atoms with Crippen LogP contribution in [0.15, 0.2) is 61.3 Å². The van der Waals surface area contributed by atoms with Crippen molar-refractivity contribution >= 4 is 23.3 Å². The Morgan fingerprint density at radius 2 is 1.93 bits per heavy atom. The van der Waals surface area contributed by atoms with E-state index in [0.29, 0.717) is 49.8 Å². The van der Waals surface area contributed by atoms with Gasteiger partial charge in [0.1, 0.15) is 11.6 Å². The fourth-order valence-corrected chi connectivity index (χ4v) is 3.47. The van der Waals surface area contributed by atoms with E-state index >= 15 is 0 Å². The number of anilines is 2. The van der Waals surface area contributed by atoms with Gasteiger partial charge in [-0.05, 0) is 25.1 Å². The average Bonchev–Trinajstić information content (AvgIpc) is 3.15. The number of aromatic nitrogens is 1. The number of nitrogens with zero attached hydrogens (tertiary/aromatic N) is 3. The summed E-state index contributed by atoms with van der Waals surface area (Å²) in [6.07, 6.45) is 7.37. The van der Waals surface area contributed by atoms with Crippen LogP contribution in [0.5, 0.6) is 0 Å². The third-order valence-corrected chi connectivity index (χ3v) is 5.04. The molecule has 2 heterocycles. The van der Waals surface area contributed by atoms with Crippen LogP contribution in [0.2, 0.25) is 0 Å². The number of nitrogens with one attached hydrogen (secondary N) is 1. The van der Waals surface area contributed by atoms with Crippen molar-refractivity contribution in [2.24, 2.45) is 0 Å². The summed E-state index contributed by atoms with van der Waals surface area (Å²) < 4.78 is 15.9. The lowest BCUT2D eigenvalue weighted by atomic mass is 10.2. The third-order valence-electron chi connectivity index (χ3n) is 5.04. The van der Waals surface area contributed by atoms with Gasteiger partial charge in [-0.2, -0.15) is 0 Å². The zero-order valence-corrected chi connectivity index (χ0v) is 17.2. The molecule has 3 rings (SSSR count). The highest BCUT2D eigenvalue weighted by molar-refractivity contribution is 5.97. The number of para-hydroxylation sites is 1. The molecule has 0 spiro atoms. The summed E-state index contributed by atoms with van der Waals surface area (Å²) in [5.41, 5.74) is 1.09. The summed E-state index contributed by atoms with van der Waals surface area (Å²) in [5.74, 6) is 0.0514. The molecule has 2 amide bonds. The highest BCUT2D eigenvalue weighted by atomic mass is 19.1. The molecule has 0 saturated carbocycles. The van der Waals surface area contributed by atoms with E-state index in [1.165, 1.54) is 12.1 Å². The summed E-state index contributed by atoms with van der Waals surface area (Å²) in [6.45, 7) is 8.18. The minimum atomic E-state index is -0.252. The summed E-state index contributed by atoms with van der Waals surface area (Å²) in [6, 6.07) is 8.39. The third kappa shape index (κ3) is 4.97. The van der Waals surface area contributed by atoms with E-state index < -0.39 is 0 Å². The van der Waals surface area contributed by atoms with E-state index in [4.69, 9.17) is 0 Å². The van der Waals surface area contributed by atoms with Crippen molar-refractivity contribution < 1.29 is 14.0 Å². The Hall–Kier alpha value is -3.35. The Balaban J connectivity index is 1.70. The van der Waals surface area contributed by atoms with Gasteiger partial charge in [-0.3, -0.25) is 9.59 Å². The Labute approximate surface area is 176 Å². The van der Waals surface area contributed by atoms with Gasteiger partial charge in [-0.25, -0.2) is 4.39 Å². The fraction of sp³-hybridized carbons (Fsp3) is 0.304. The molecule has 0 atom stereocenters. The topological polar surface area (TPSA) is 57.6 Å². The molecule has 0 unspecified atom stereocenters. The number of carbonyl (C=O) groups excluding carboxylic acids is 2. The van der Waals surface area contributed by atoms with E-state index in [2.05, 4.69) is 11.9 Å². The predicted octanol–water partition coefficient (Wildman–Crippen LogP) is 3.68. The molecular weight excluding hydrogens is 383 g/mol. The van der Waals surface area contributed by atoms with Gasteiger partial charge in [0.25, 0.3) is 5.91 Å². The molecule has 1 aliphatic rings. The molecule has 1 aliphatic heterocycles. The number of hydrogen-bond acceptors (Lipinski definition) is 3. The summed E-state index contributed by atoms with van der Waals surface area (Å²) in [4.78, 5) is 28.7. The minimum Gasteiger partial charge on any atom is -0.366 e. The number of benzene rings is 1. The van der Waals surface area contributed by atoms with Gasteiger partial charge >= 0.3 is 0 Å². The van der Waals surface area contributed by atoms with Gasteiger partial charge in [0.05, 0.1) is 11.3 Å². The first kappa shape index (κ1) is 21.4. The first-order valence-electron chi connectivity index (χ1n) is 10.0. The Kier molecular flexibility index (Phi) is 7.06. The van der Waals surface area contributed by atoms with Crippen molar-refractivity contribution in [2.75, 3.05) is 36.4 Å². The minimum absolute atomic E-state index is 0.0957. The Morgan fingerprint density at radius 3 is 2.60 bits per heavy atom. The van der Waals surface area contributed by atoms with Crippen LogP contribution < -0.4 is 10.2 Å². The van der Waals surface area contributed by atoms with Crippen LogP contribution in [0.1, 0.15) is 23.7 Å². The number of carbonyl (C=O) groups is 2. The molecule has 0 bridgehead atoms. The molecule has 1 N–H and O–H groups in total. The zero-order chi connectivity index (χ0) is 21.5. The molecule has 1 fully saturated rings. The van der Waals surface area contributed by atoms with Crippen molar-refractivity contribution in [2.45, 2.75) is 19.9 Å². The number of halogens is 1. The maximum atomic E-state index is 14.0. The van der Waals surface area contributed by atoms with Crippen molar-refractivity contribution in [3.8, 4) is 0 Å². The number of rotatable bonds is 7. The smallest absolute Gasteiger partial charge is 0.255 e. The standard InChI is InChI=1S/C23H27FN4O2/c1-3-5-11-28-17-18(16-21(28)25-22(29)8-4-2)23(30)27-14-12-26(13-15-27)20-10-7-6-9-19(20)24/h3-7,9-10,16-17H,2,8,11-15H2,1H3,(H,25,29)/b5-3-. The van der Waals surface area contributed by atoms with E-state index in [9.17, 15) is 14.0 Å². The first-order valence-corrected chi connectivity index (χ1v) is 10.0. The van der Waals surface area contributed by atoms with E-state index in [1.54, 1.807) is 29.3 Å². The van der Waals surface area contributed by atoms with Crippen LogP contribution in [-0.4, -0.2) is 47.5 Å². The highest BCUT2D eigenvalue weighted by Gasteiger charge is 2.25. The van der Waals surface area contributed by atoms with E-state index in [1.807, 2.05) is 34.6 Å². The van der Waals surface area contributed by atoms with Gasteiger partial charge in [-0.1, -0.05) is 30.4 Å². The maximum Gasteiger partial charge on any atom is 0.255 e. The van der Waals surface area contributed by atoms with Crippen molar-refractivity contribution in [1.82, 2.24) is 9.47 Å². The molecule has 158 valence electrons. The molecule has 1 aromatic heterocycles. The number of amides is 2. The van der Waals surface area contributed by atoms with Gasteiger partial charge in [0.15, 0.2) is 0 Å². The number of allylic oxidation sites excluding steroid dienone is 2. The Bertz CT molecular complexity index is 942. The second kappa shape index (κ2) is 9.91. The normalized spacial score (nSPS) is 14.2. The lowest BCUT2D eigenvalue weighted by molar-refractivity contribution is -0.115. The van der Waals surface area contributed by atoms with Gasteiger partial charge in [0, 0.05) is 45.3 Å². The molecule has 0 radical (unpaired) electrons. The molecule has 6 nitrogen and oxygen atoms in total. The Morgan fingerprint density at radius 1 is 1.20 bits per heavy atom. The number of piperazine rings is 1. The highest BCUT2D eigenvalue weighted by Crippen LogP contribution is 2.22. The van der Waals surface area contributed by atoms with Gasteiger partial charge in [-0.15, -0.1) is 6.58 Å². The predicted molar refractivity (Wildman–Crippen MR) is 117 cm³/mol. The van der Waals surface area contributed by atoms with Gasteiger partial charge in [0.2, 0.25) is 5.91 Å².